The summed E-state index contributed by atoms with van der Waals surface area (Å²) in [5.41, 5.74) is -1.47. The second-order valence-electron chi connectivity index (χ2n) is 5.59. The number of hydrogen-bond acceptors (Lipinski definition) is 4. The van der Waals surface area contributed by atoms with E-state index in [1.165, 1.54) is 0 Å². The Morgan fingerprint density at radius 1 is 1.22 bits per heavy atom. The van der Waals surface area contributed by atoms with Gasteiger partial charge in [-0.15, -0.1) is 0 Å². The minimum absolute atomic E-state index is 0.00554. The van der Waals surface area contributed by atoms with Crippen molar-refractivity contribution in [1.82, 2.24) is 5.32 Å². The van der Waals surface area contributed by atoms with Gasteiger partial charge in [-0.2, -0.15) is 0 Å². The third-order valence-electron chi connectivity index (χ3n) is 2.27. The van der Waals surface area contributed by atoms with E-state index < -0.39 is 23.2 Å². The highest BCUT2D eigenvalue weighted by molar-refractivity contribution is 5.69. The number of nitrogens with one attached hydrogen (secondary N) is 1. The van der Waals surface area contributed by atoms with E-state index in [4.69, 9.17) is 9.84 Å². The predicted molar refractivity (Wildman–Crippen MR) is 66.3 cm³/mol. The zero-order valence-electron chi connectivity index (χ0n) is 11.4. The van der Waals surface area contributed by atoms with Crippen molar-refractivity contribution in [3.8, 4) is 0 Å². The second kappa shape index (κ2) is 6.58. The maximum atomic E-state index is 11.6. The lowest BCUT2D eigenvalue weighted by Crippen LogP contribution is -2.50. The van der Waals surface area contributed by atoms with Crippen molar-refractivity contribution >= 4 is 12.1 Å². The molecule has 1 amide bonds. The first kappa shape index (κ1) is 16.7. The quantitative estimate of drug-likeness (QED) is 0.673. The first-order valence-corrected chi connectivity index (χ1v) is 5.92. The topological polar surface area (TPSA) is 95.9 Å². The lowest BCUT2D eigenvalue weighted by atomic mass is 9.96. The standard InChI is InChI=1S/C12H23NO5/c1-11(2,3)18-10(17)13-12(4,8-14)7-5-6-9(15)16/h14H,5-8H2,1-4H3,(H,13,17)(H,15,16). The zero-order chi connectivity index (χ0) is 14.4. The molecule has 106 valence electrons. The third kappa shape index (κ3) is 7.89. The fourth-order valence-corrected chi connectivity index (χ4v) is 1.36. The molecule has 18 heavy (non-hydrogen) atoms. The van der Waals surface area contributed by atoms with Gasteiger partial charge < -0.3 is 20.3 Å². The highest BCUT2D eigenvalue weighted by Crippen LogP contribution is 2.15. The summed E-state index contributed by atoms with van der Waals surface area (Å²) in [5, 5.41) is 20.4. The molecule has 6 nitrogen and oxygen atoms in total. The number of carboxylic acid groups (broad SMARTS) is 1. The number of carboxylic acids is 1. The minimum Gasteiger partial charge on any atom is -0.481 e. The molecular weight excluding hydrogens is 238 g/mol. The highest BCUT2D eigenvalue weighted by Gasteiger charge is 2.28. The van der Waals surface area contributed by atoms with E-state index in [0.717, 1.165) is 0 Å². The summed E-state index contributed by atoms with van der Waals surface area (Å²) in [6.45, 7) is 6.61. The van der Waals surface area contributed by atoms with Crippen LogP contribution in [0.2, 0.25) is 0 Å². The highest BCUT2D eigenvalue weighted by atomic mass is 16.6. The number of aliphatic hydroxyl groups is 1. The molecule has 0 aliphatic rings. The van der Waals surface area contributed by atoms with Crippen LogP contribution in [-0.2, 0) is 9.53 Å². The van der Waals surface area contributed by atoms with Gasteiger partial charge in [0.2, 0.25) is 0 Å². The molecule has 0 aliphatic carbocycles. The van der Waals surface area contributed by atoms with Gasteiger partial charge in [0.15, 0.2) is 0 Å². The average molecular weight is 261 g/mol. The first-order valence-electron chi connectivity index (χ1n) is 5.92. The van der Waals surface area contributed by atoms with Crippen molar-refractivity contribution in [3.05, 3.63) is 0 Å². The molecule has 0 bridgehead atoms. The number of carbonyl (C=O) groups is 2. The number of carbonyl (C=O) groups excluding carboxylic acids is 1. The van der Waals surface area contributed by atoms with E-state index in [1.807, 2.05) is 0 Å². The maximum absolute atomic E-state index is 11.6. The summed E-state index contributed by atoms with van der Waals surface area (Å²) < 4.78 is 5.09. The molecule has 0 aliphatic heterocycles. The normalized spacial score (nSPS) is 14.7. The van der Waals surface area contributed by atoms with Crippen LogP contribution >= 0.6 is 0 Å². The number of rotatable bonds is 6. The molecule has 1 atom stereocenters. The van der Waals surface area contributed by atoms with Crippen LogP contribution in [0.5, 0.6) is 0 Å². The maximum Gasteiger partial charge on any atom is 0.408 e. The largest absolute Gasteiger partial charge is 0.481 e. The molecule has 0 spiro atoms. The molecule has 0 fully saturated rings. The number of alkyl carbamates (subject to hydrolysis) is 1. The molecule has 0 radical (unpaired) electrons. The zero-order valence-corrected chi connectivity index (χ0v) is 11.4. The van der Waals surface area contributed by atoms with E-state index in [0.29, 0.717) is 12.8 Å². The van der Waals surface area contributed by atoms with Crippen LogP contribution in [0.25, 0.3) is 0 Å². The van der Waals surface area contributed by atoms with Crippen molar-refractivity contribution in [2.75, 3.05) is 6.61 Å². The van der Waals surface area contributed by atoms with Crippen LogP contribution < -0.4 is 5.32 Å². The average Bonchev–Trinajstić information content (AvgIpc) is 2.13. The Balaban J connectivity index is 4.29. The Labute approximate surface area is 107 Å². The molecular formula is C12H23NO5. The molecule has 6 heteroatoms. The molecule has 0 saturated heterocycles. The van der Waals surface area contributed by atoms with Crippen LogP contribution in [0.1, 0.15) is 47.0 Å². The van der Waals surface area contributed by atoms with Crippen molar-refractivity contribution in [2.24, 2.45) is 0 Å². The number of aliphatic hydroxyl groups excluding tert-OH is 1. The van der Waals surface area contributed by atoms with Crippen molar-refractivity contribution < 1.29 is 24.5 Å². The van der Waals surface area contributed by atoms with Gasteiger partial charge >= 0.3 is 12.1 Å². The minimum atomic E-state index is -0.896. The Bertz CT molecular complexity index is 297. The SMILES string of the molecule is CC(CO)(CCCC(=O)O)NC(=O)OC(C)(C)C. The summed E-state index contributed by atoms with van der Waals surface area (Å²) in [5.74, 6) is -0.896. The molecule has 0 rings (SSSR count). The summed E-state index contributed by atoms with van der Waals surface area (Å²) in [6.07, 6.45) is 0.136. The van der Waals surface area contributed by atoms with Gasteiger partial charge in [-0.05, 0) is 40.5 Å². The molecule has 0 saturated carbocycles. The Kier molecular flexibility index (Phi) is 6.11. The van der Waals surface area contributed by atoms with E-state index in [1.54, 1.807) is 27.7 Å². The van der Waals surface area contributed by atoms with Crippen LogP contribution in [0.4, 0.5) is 4.79 Å². The van der Waals surface area contributed by atoms with Gasteiger partial charge in [0.25, 0.3) is 0 Å². The van der Waals surface area contributed by atoms with Crippen molar-refractivity contribution in [2.45, 2.75) is 58.1 Å². The van der Waals surface area contributed by atoms with Crippen LogP contribution in [0, 0.1) is 0 Å². The van der Waals surface area contributed by atoms with Crippen LogP contribution in [0.3, 0.4) is 0 Å². The Hall–Kier alpha value is -1.30. The van der Waals surface area contributed by atoms with E-state index in [9.17, 15) is 14.7 Å². The molecule has 3 N–H and O–H groups in total. The summed E-state index contributed by atoms with van der Waals surface area (Å²) in [7, 11) is 0. The monoisotopic (exact) mass is 261 g/mol. The van der Waals surface area contributed by atoms with Gasteiger partial charge in [0.05, 0.1) is 12.1 Å². The van der Waals surface area contributed by atoms with Crippen LogP contribution in [0.15, 0.2) is 0 Å². The Morgan fingerprint density at radius 3 is 2.17 bits per heavy atom. The van der Waals surface area contributed by atoms with E-state index in [2.05, 4.69) is 5.32 Å². The van der Waals surface area contributed by atoms with E-state index in [-0.39, 0.29) is 13.0 Å². The molecule has 0 aromatic rings. The second-order valence-corrected chi connectivity index (χ2v) is 5.59. The van der Waals surface area contributed by atoms with Crippen molar-refractivity contribution in [1.29, 1.82) is 0 Å². The van der Waals surface area contributed by atoms with Gasteiger partial charge in [-0.3, -0.25) is 4.79 Å². The van der Waals surface area contributed by atoms with Gasteiger partial charge in [0.1, 0.15) is 5.60 Å². The summed E-state index contributed by atoms with van der Waals surface area (Å²) in [4.78, 5) is 22.0. The molecule has 1 unspecified atom stereocenters. The van der Waals surface area contributed by atoms with E-state index >= 15 is 0 Å². The fraction of sp³-hybridized carbons (Fsp3) is 0.833. The first-order chi connectivity index (χ1) is 8.08. The number of hydrogen-bond donors (Lipinski definition) is 3. The molecule has 0 heterocycles. The summed E-state index contributed by atoms with van der Waals surface area (Å²) >= 11 is 0. The van der Waals surface area contributed by atoms with Gasteiger partial charge in [-0.25, -0.2) is 4.79 Å². The third-order valence-corrected chi connectivity index (χ3v) is 2.27. The fourth-order valence-electron chi connectivity index (χ4n) is 1.36. The van der Waals surface area contributed by atoms with Crippen molar-refractivity contribution in [3.63, 3.8) is 0 Å². The molecule has 0 aromatic carbocycles. The van der Waals surface area contributed by atoms with Gasteiger partial charge in [-0.1, -0.05) is 0 Å². The number of ether oxygens (including phenoxy) is 1. The molecule has 0 aromatic heterocycles. The summed E-state index contributed by atoms with van der Waals surface area (Å²) in [6, 6.07) is 0. The Morgan fingerprint density at radius 2 is 1.78 bits per heavy atom. The predicted octanol–water partition coefficient (Wildman–Crippen LogP) is 1.52. The lowest BCUT2D eigenvalue weighted by molar-refractivity contribution is -0.137. The number of amides is 1. The van der Waals surface area contributed by atoms with Gasteiger partial charge in [0, 0.05) is 6.42 Å². The van der Waals surface area contributed by atoms with Crippen LogP contribution in [-0.4, -0.2) is 40.0 Å². The smallest absolute Gasteiger partial charge is 0.408 e. The lowest BCUT2D eigenvalue weighted by Gasteiger charge is -2.30. The number of aliphatic carboxylic acids is 1.